The van der Waals surface area contributed by atoms with Gasteiger partial charge in [0.25, 0.3) is 15.9 Å². The molecule has 0 bridgehead atoms. The second kappa shape index (κ2) is 11.8. The van der Waals surface area contributed by atoms with E-state index in [4.69, 9.17) is 4.74 Å². The zero-order chi connectivity index (χ0) is 27.1. The summed E-state index contributed by atoms with van der Waals surface area (Å²) in [6, 6.07) is 26.6. The van der Waals surface area contributed by atoms with E-state index in [9.17, 15) is 13.2 Å². The Hall–Kier alpha value is -4.37. The van der Waals surface area contributed by atoms with Gasteiger partial charge in [-0.1, -0.05) is 48.5 Å². The summed E-state index contributed by atoms with van der Waals surface area (Å²) in [5, 5.41) is 4.12. The van der Waals surface area contributed by atoms with Gasteiger partial charge in [0.2, 0.25) is 0 Å². The smallest absolute Gasteiger partial charge is 0.264 e. The van der Waals surface area contributed by atoms with Crippen LogP contribution in [0.4, 0.5) is 5.69 Å². The third kappa shape index (κ3) is 5.78. The number of rotatable bonds is 10. The number of carbonyl (C=O) groups excluding carboxylic acids is 1. The van der Waals surface area contributed by atoms with Crippen molar-refractivity contribution in [2.75, 3.05) is 17.5 Å². The first-order valence-electron chi connectivity index (χ1n) is 12.2. The van der Waals surface area contributed by atoms with Gasteiger partial charge in [0.05, 0.1) is 23.4 Å². The molecule has 0 radical (unpaired) electrons. The highest BCUT2D eigenvalue weighted by Crippen LogP contribution is 2.32. The molecule has 8 nitrogen and oxygen atoms in total. The monoisotopic (exact) mass is 530 g/mol. The van der Waals surface area contributed by atoms with Crippen LogP contribution in [0.1, 0.15) is 23.9 Å². The Morgan fingerprint density at radius 2 is 1.61 bits per heavy atom. The second-order valence-electron chi connectivity index (χ2n) is 8.52. The summed E-state index contributed by atoms with van der Waals surface area (Å²) in [5.41, 5.74) is 6.59. The van der Waals surface area contributed by atoms with Crippen LogP contribution in [0.2, 0.25) is 0 Å². The number of anilines is 1. The standard InChI is InChI=1S/C29H30N4O4S/c1-4-37-28-18-12-11-17-27(28)32(38(35,36)26-15-9-6-10-16-26)21-29(34)31-30-20-24-19-22(2)33(23(24)3)25-13-7-5-8-14-25/h5-20H,4,21H2,1-3H3,(H,31,34)/b30-20-. The van der Waals surface area contributed by atoms with Crippen molar-refractivity contribution in [2.45, 2.75) is 25.7 Å². The number of aryl methyl sites for hydroxylation is 1. The lowest BCUT2D eigenvalue weighted by Gasteiger charge is -2.25. The van der Waals surface area contributed by atoms with E-state index >= 15 is 0 Å². The van der Waals surface area contributed by atoms with Crippen molar-refractivity contribution in [3.8, 4) is 11.4 Å². The molecule has 0 atom stereocenters. The predicted molar refractivity (Wildman–Crippen MR) is 150 cm³/mol. The molecule has 4 aromatic rings. The van der Waals surface area contributed by atoms with Crippen LogP contribution in [0.15, 0.2) is 101 Å². The van der Waals surface area contributed by atoms with Gasteiger partial charge in [-0.05, 0) is 63.2 Å². The number of carbonyl (C=O) groups is 1. The van der Waals surface area contributed by atoms with E-state index < -0.39 is 22.5 Å². The maximum atomic E-state index is 13.6. The number of hydrogen-bond donors (Lipinski definition) is 1. The van der Waals surface area contributed by atoms with E-state index in [1.807, 2.05) is 57.2 Å². The summed E-state index contributed by atoms with van der Waals surface area (Å²) in [6.07, 6.45) is 1.56. The molecular formula is C29H30N4O4S. The minimum Gasteiger partial charge on any atom is -0.492 e. The number of amides is 1. The van der Waals surface area contributed by atoms with Crippen LogP contribution in [-0.4, -0.2) is 38.3 Å². The van der Waals surface area contributed by atoms with E-state index in [0.717, 1.165) is 26.9 Å². The van der Waals surface area contributed by atoms with Crippen LogP contribution in [0.3, 0.4) is 0 Å². The molecule has 0 saturated carbocycles. The minimum absolute atomic E-state index is 0.0657. The molecule has 38 heavy (non-hydrogen) atoms. The fourth-order valence-corrected chi connectivity index (χ4v) is 5.64. The van der Waals surface area contributed by atoms with Crippen molar-refractivity contribution in [1.29, 1.82) is 0 Å². The average molecular weight is 531 g/mol. The predicted octanol–water partition coefficient (Wildman–Crippen LogP) is 4.84. The van der Waals surface area contributed by atoms with E-state index in [2.05, 4.69) is 15.1 Å². The van der Waals surface area contributed by atoms with Crippen LogP contribution in [0, 0.1) is 13.8 Å². The number of hydrogen-bond acceptors (Lipinski definition) is 5. The molecular weight excluding hydrogens is 500 g/mol. The first-order chi connectivity index (χ1) is 18.3. The van der Waals surface area contributed by atoms with Gasteiger partial charge < -0.3 is 9.30 Å². The Bertz CT molecular complexity index is 1530. The molecule has 3 aromatic carbocycles. The lowest BCUT2D eigenvalue weighted by Crippen LogP contribution is -2.39. The summed E-state index contributed by atoms with van der Waals surface area (Å²) in [7, 11) is -4.07. The third-order valence-electron chi connectivity index (χ3n) is 5.93. The van der Waals surface area contributed by atoms with Gasteiger partial charge in [0, 0.05) is 22.6 Å². The SMILES string of the molecule is CCOc1ccccc1N(CC(=O)N/N=C\c1cc(C)n(-c2ccccc2)c1C)S(=O)(=O)c1ccccc1. The molecule has 0 aliphatic carbocycles. The second-order valence-corrected chi connectivity index (χ2v) is 10.4. The number of hydrazone groups is 1. The van der Waals surface area contributed by atoms with E-state index in [1.165, 1.54) is 12.1 Å². The van der Waals surface area contributed by atoms with Crippen LogP contribution in [0.5, 0.6) is 5.75 Å². The van der Waals surface area contributed by atoms with Gasteiger partial charge in [-0.25, -0.2) is 13.8 Å². The maximum absolute atomic E-state index is 13.6. The molecule has 0 saturated heterocycles. The molecule has 1 N–H and O–H groups in total. The molecule has 0 unspecified atom stereocenters. The zero-order valence-electron chi connectivity index (χ0n) is 21.5. The molecule has 1 amide bonds. The normalized spacial score (nSPS) is 11.4. The highest BCUT2D eigenvalue weighted by Gasteiger charge is 2.29. The lowest BCUT2D eigenvalue weighted by molar-refractivity contribution is -0.119. The largest absolute Gasteiger partial charge is 0.492 e. The number of para-hydroxylation sites is 3. The topological polar surface area (TPSA) is 93.0 Å². The molecule has 0 fully saturated rings. The molecule has 0 aliphatic rings. The Balaban J connectivity index is 1.58. The summed E-state index contributed by atoms with van der Waals surface area (Å²) in [6.45, 7) is 5.64. The van der Waals surface area contributed by atoms with Gasteiger partial charge in [-0.15, -0.1) is 0 Å². The summed E-state index contributed by atoms with van der Waals surface area (Å²) >= 11 is 0. The number of sulfonamides is 1. The average Bonchev–Trinajstić information content (AvgIpc) is 3.21. The minimum atomic E-state index is -4.07. The van der Waals surface area contributed by atoms with Crippen molar-refractivity contribution < 1.29 is 17.9 Å². The summed E-state index contributed by atoms with van der Waals surface area (Å²) in [5.74, 6) is -0.233. The van der Waals surface area contributed by atoms with Gasteiger partial charge in [-0.3, -0.25) is 9.10 Å². The molecule has 1 heterocycles. The fraction of sp³-hybridized carbons (Fsp3) is 0.172. The Kier molecular flexibility index (Phi) is 8.28. The van der Waals surface area contributed by atoms with Crippen LogP contribution < -0.4 is 14.5 Å². The Morgan fingerprint density at radius 3 is 2.29 bits per heavy atom. The highest BCUT2D eigenvalue weighted by molar-refractivity contribution is 7.92. The first kappa shape index (κ1) is 26.7. The van der Waals surface area contributed by atoms with Crippen molar-refractivity contribution >= 4 is 27.8 Å². The number of ether oxygens (including phenoxy) is 1. The number of nitrogens with one attached hydrogen (secondary N) is 1. The molecule has 196 valence electrons. The lowest BCUT2D eigenvalue weighted by atomic mass is 10.2. The third-order valence-corrected chi connectivity index (χ3v) is 7.70. The quantitative estimate of drug-likeness (QED) is 0.235. The number of nitrogens with zero attached hydrogens (tertiary/aromatic N) is 3. The van der Waals surface area contributed by atoms with Crippen molar-refractivity contribution in [3.05, 3.63) is 108 Å². The molecule has 9 heteroatoms. The van der Waals surface area contributed by atoms with Crippen molar-refractivity contribution in [2.24, 2.45) is 5.10 Å². The highest BCUT2D eigenvalue weighted by atomic mass is 32.2. The van der Waals surface area contributed by atoms with Crippen LogP contribution >= 0.6 is 0 Å². The molecule has 0 aliphatic heterocycles. The van der Waals surface area contributed by atoms with Gasteiger partial charge >= 0.3 is 0 Å². The summed E-state index contributed by atoms with van der Waals surface area (Å²) in [4.78, 5) is 13.0. The summed E-state index contributed by atoms with van der Waals surface area (Å²) < 4.78 is 36.0. The van der Waals surface area contributed by atoms with E-state index in [0.29, 0.717) is 12.4 Å². The van der Waals surface area contributed by atoms with Crippen molar-refractivity contribution in [1.82, 2.24) is 9.99 Å². The van der Waals surface area contributed by atoms with Crippen LogP contribution in [0.25, 0.3) is 5.69 Å². The van der Waals surface area contributed by atoms with Gasteiger partial charge in [0.1, 0.15) is 12.3 Å². The Morgan fingerprint density at radius 1 is 0.974 bits per heavy atom. The molecule has 1 aromatic heterocycles. The Labute approximate surface area is 223 Å². The fourth-order valence-electron chi connectivity index (χ4n) is 4.19. The van der Waals surface area contributed by atoms with E-state index in [-0.39, 0.29) is 10.6 Å². The molecule has 0 spiro atoms. The number of aromatic nitrogens is 1. The van der Waals surface area contributed by atoms with Crippen LogP contribution in [-0.2, 0) is 14.8 Å². The maximum Gasteiger partial charge on any atom is 0.264 e. The van der Waals surface area contributed by atoms with Gasteiger partial charge in [0.15, 0.2) is 0 Å². The molecule has 4 rings (SSSR count). The zero-order valence-corrected chi connectivity index (χ0v) is 22.4. The van der Waals surface area contributed by atoms with E-state index in [1.54, 1.807) is 48.7 Å². The van der Waals surface area contributed by atoms with Gasteiger partial charge in [-0.2, -0.15) is 5.10 Å². The number of benzene rings is 3. The first-order valence-corrected chi connectivity index (χ1v) is 13.6. The van der Waals surface area contributed by atoms with Crippen molar-refractivity contribution in [3.63, 3.8) is 0 Å².